The monoisotopic (exact) mass is 241 g/mol. The van der Waals surface area contributed by atoms with E-state index in [1.54, 1.807) is 0 Å². The Morgan fingerprint density at radius 1 is 1.31 bits per heavy atom. The Kier molecular flexibility index (Phi) is 5.64. The molecule has 0 aliphatic heterocycles. The lowest BCUT2D eigenvalue weighted by atomic mass is 10.1. The van der Waals surface area contributed by atoms with Crippen LogP contribution in [0.5, 0.6) is 5.75 Å². The van der Waals surface area contributed by atoms with Crippen molar-refractivity contribution in [1.29, 1.82) is 0 Å². The molecule has 0 amide bonds. The molecule has 1 aromatic rings. The van der Waals surface area contributed by atoms with Crippen LogP contribution in [0.3, 0.4) is 0 Å². The van der Waals surface area contributed by atoms with Crippen LogP contribution in [-0.4, -0.2) is 18.7 Å². The van der Waals surface area contributed by atoms with E-state index in [0.29, 0.717) is 11.1 Å². The molecule has 0 saturated heterocycles. The largest absolute Gasteiger partial charge is 0.489 e. The molecule has 16 heavy (non-hydrogen) atoms. The number of benzene rings is 1. The first-order valence-corrected chi connectivity index (χ1v) is 6.15. The summed E-state index contributed by atoms with van der Waals surface area (Å²) >= 11 is 6.03. The lowest BCUT2D eigenvalue weighted by Gasteiger charge is -2.20. The van der Waals surface area contributed by atoms with Crippen molar-refractivity contribution in [2.75, 3.05) is 6.54 Å². The first kappa shape index (κ1) is 13.3. The summed E-state index contributed by atoms with van der Waals surface area (Å²) in [6.45, 7) is 7.32. The first-order valence-electron chi connectivity index (χ1n) is 5.78. The summed E-state index contributed by atoms with van der Waals surface area (Å²) in [5.41, 5.74) is 0. The number of hydrogen-bond acceptors (Lipinski definition) is 2. The number of rotatable bonds is 6. The van der Waals surface area contributed by atoms with Crippen LogP contribution in [-0.2, 0) is 0 Å². The van der Waals surface area contributed by atoms with E-state index >= 15 is 0 Å². The molecular formula is C13H20ClNO. The van der Waals surface area contributed by atoms with Gasteiger partial charge in [0.2, 0.25) is 0 Å². The summed E-state index contributed by atoms with van der Waals surface area (Å²) in [6, 6.07) is 8.04. The van der Waals surface area contributed by atoms with Crippen molar-refractivity contribution < 1.29 is 4.74 Å². The van der Waals surface area contributed by atoms with Gasteiger partial charge in [-0.15, -0.1) is 0 Å². The topological polar surface area (TPSA) is 21.3 Å². The molecule has 1 rings (SSSR count). The molecular weight excluding hydrogens is 222 g/mol. The van der Waals surface area contributed by atoms with Gasteiger partial charge in [0.1, 0.15) is 5.75 Å². The summed E-state index contributed by atoms with van der Waals surface area (Å²) in [7, 11) is 0. The average molecular weight is 242 g/mol. The maximum atomic E-state index is 6.03. The third-order valence-corrected chi connectivity index (χ3v) is 2.72. The Balaban J connectivity index is 2.45. The van der Waals surface area contributed by atoms with E-state index < -0.39 is 0 Å². The van der Waals surface area contributed by atoms with Crippen molar-refractivity contribution >= 4 is 11.6 Å². The Morgan fingerprint density at radius 3 is 2.62 bits per heavy atom. The van der Waals surface area contributed by atoms with E-state index in [1.165, 1.54) is 0 Å². The van der Waals surface area contributed by atoms with Gasteiger partial charge in [-0.05, 0) is 38.9 Å². The normalized spacial score (nSPS) is 14.5. The molecule has 90 valence electrons. The number of para-hydroxylation sites is 1. The molecule has 0 aromatic heterocycles. The third-order valence-electron chi connectivity index (χ3n) is 2.40. The van der Waals surface area contributed by atoms with Crippen molar-refractivity contribution in [3.63, 3.8) is 0 Å². The van der Waals surface area contributed by atoms with E-state index in [2.05, 4.69) is 26.1 Å². The third kappa shape index (κ3) is 4.42. The second-order valence-electron chi connectivity index (χ2n) is 4.05. The van der Waals surface area contributed by atoms with Gasteiger partial charge < -0.3 is 10.1 Å². The number of nitrogens with one attached hydrogen (secondary N) is 1. The maximum Gasteiger partial charge on any atom is 0.138 e. The van der Waals surface area contributed by atoms with Gasteiger partial charge in [0.25, 0.3) is 0 Å². The molecule has 2 atom stereocenters. The Bertz CT molecular complexity index is 317. The number of hydrogen-bond donors (Lipinski definition) is 1. The lowest BCUT2D eigenvalue weighted by Crippen LogP contribution is -2.30. The van der Waals surface area contributed by atoms with Crippen LogP contribution in [0.2, 0.25) is 5.02 Å². The van der Waals surface area contributed by atoms with Crippen molar-refractivity contribution in [3.05, 3.63) is 29.3 Å². The molecule has 1 N–H and O–H groups in total. The number of ether oxygens (including phenoxy) is 1. The van der Waals surface area contributed by atoms with Crippen molar-refractivity contribution in [3.8, 4) is 5.75 Å². The fourth-order valence-electron chi connectivity index (χ4n) is 1.73. The fraction of sp³-hybridized carbons (Fsp3) is 0.538. The van der Waals surface area contributed by atoms with Gasteiger partial charge >= 0.3 is 0 Å². The summed E-state index contributed by atoms with van der Waals surface area (Å²) in [4.78, 5) is 0. The van der Waals surface area contributed by atoms with Crippen LogP contribution >= 0.6 is 11.6 Å². The molecule has 0 saturated carbocycles. The van der Waals surface area contributed by atoms with E-state index in [4.69, 9.17) is 16.3 Å². The van der Waals surface area contributed by atoms with E-state index in [1.807, 2.05) is 24.3 Å². The van der Waals surface area contributed by atoms with Gasteiger partial charge in [0.15, 0.2) is 0 Å². The van der Waals surface area contributed by atoms with Gasteiger partial charge in [0.05, 0.1) is 11.1 Å². The van der Waals surface area contributed by atoms with Crippen LogP contribution in [0.15, 0.2) is 24.3 Å². The highest BCUT2D eigenvalue weighted by Gasteiger charge is 2.10. The summed E-state index contributed by atoms with van der Waals surface area (Å²) in [6.07, 6.45) is 1.13. The highest BCUT2D eigenvalue weighted by Crippen LogP contribution is 2.24. The Hall–Kier alpha value is -0.730. The number of halogens is 1. The van der Waals surface area contributed by atoms with Crippen molar-refractivity contribution in [2.45, 2.75) is 39.3 Å². The zero-order valence-electron chi connectivity index (χ0n) is 10.2. The average Bonchev–Trinajstić information content (AvgIpc) is 2.21. The predicted molar refractivity (Wildman–Crippen MR) is 69.3 cm³/mol. The zero-order chi connectivity index (χ0) is 12.0. The quantitative estimate of drug-likeness (QED) is 0.823. The first-order chi connectivity index (χ1) is 7.63. The molecule has 0 radical (unpaired) electrons. The summed E-state index contributed by atoms with van der Waals surface area (Å²) in [5, 5.41) is 4.04. The van der Waals surface area contributed by atoms with Gasteiger partial charge in [-0.3, -0.25) is 0 Å². The van der Waals surface area contributed by atoms with Gasteiger partial charge in [-0.25, -0.2) is 0 Å². The van der Waals surface area contributed by atoms with E-state index in [0.717, 1.165) is 18.7 Å². The Labute approximate surface area is 103 Å². The minimum absolute atomic E-state index is 0.161. The minimum atomic E-state index is 0.161. The molecule has 0 spiro atoms. The predicted octanol–water partition coefficient (Wildman–Crippen LogP) is 3.50. The summed E-state index contributed by atoms with van der Waals surface area (Å²) < 4.78 is 5.79. The molecule has 0 bridgehead atoms. The molecule has 0 fully saturated rings. The standard InChI is InChI=1S/C13H20ClNO/c1-4-15-10(2)9-11(3)16-13-8-6-5-7-12(13)14/h5-8,10-11,15H,4,9H2,1-3H3. The van der Waals surface area contributed by atoms with Crippen LogP contribution in [0.1, 0.15) is 27.2 Å². The van der Waals surface area contributed by atoms with Crippen molar-refractivity contribution in [2.24, 2.45) is 0 Å². The van der Waals surface area contributed by atoms with Crippen LogP contribution in [0.4, 0.5) is 0 Å². The smallest absolute Gasteiger partial charge is 0.138 e. The van der Waals surface area contributed by atoms with Crippen LogP contribution in [0.25, 0.3) is 0 Å². The molecule has 2 nitrogen and oxygen atoms in total. The molecule has 0 aliphatic carbocycles. The Morgan fingerprint density at radius 2 is 2.00 bits per heavy atom. The van der Waals surface area contributed by atoms with Gasteiger partial charge in [-0.2, -0.15) is 0 Å². The molecule has 2 unspecified atom stereocenters. The van der Waals surface area contributed by atoms with Crippen LogP contribution in [0, 0.1) is 0 Å². The molecule has 0 aliphatic rings. The highest BCUT2D eigenvalue weighted by atomic mass is 35.5. The SMILES string of the molecule is CCNC(C)CC(C)Oc1ccccc1Cl. The molecule has 3 heteroatoms. The second kappa shape index (κ2) is 6.77. The van der Waals surface area contributed by atoms with Crippen molar-refractivity contribution in [1.82, 2.24) is 5.32 Å². The van der Waals surface area contributed by atoms with Gasteiger partial charge in [0, 0.05) is 6.04 Å². The highest BCUT2D eigenvalue weighted by molar-refractivity contribution is 6.32. The van der Waals surface area contributed by atoms with Crippen LogP contribution < -0.4 is 10.1 Å². The van der Waals surface area contributed by atoms with E-state index in [9.17, 15) is 0 Å². The fourth-order valence-corrected chi connectivity index (χ4v) is 1.92. The minimum Gasteiger partial charge on any atom is -0.489 e. The molecule has 1 aromatic carbocycles. The molecule has 0 heterocycles. The summed E-state index contributed by atoms with van der Waals surface area (Å²) in [5.74, 6) is 0.764. The van der Waals surface area contributed by atoms with Gasteiger partial charge in [-0.1, -0.05) is 30.7 Å². The maximum absolute atomic E-state index is 6.03. The zero-order valence-corrected chi connectivity index (χ0v) is 10.9. The lowest BCUT2D eigenvalue weighted by molar-refractivity contribution is 0.196. The van der Waals surface area contributed by atoms with E-state index in [-0.39, 0.29) is 6.10 Å². The second-order valence-corrected chi connectivity index (χ2v) is 4.46.